The molecule has 2 aliphatic heterocycles. The summed E-state index contributed by atoms with van der Waals surface area (Å²) in [6.07, 6.45) is 6.13. The van der Waals surface area contributed by atoms with Crippen LogP contribution in [-0.2, 0) is 13.0 Å². The molecule has 88 valence electrons. The number of rotatable bonds is 2. The molecule has 1 atom stereocenters. The normalized spacial score (nSPS) is 24.9. The monoisotopic (exact) mass is 221 g/mol. The fraction of sp³-hybridized carbons (Fsp3) is 0.818. The largest absolute Gasteiger partial charge is 0.354 e. The minimum atomic E-state index is 0.601. The van der Waals surface area contributed by atoms with Crippen LogP contribution >= 0.6 is 0 Å². The van der Waals surface area contributed by atoms with Crippen molar-refractivity contribution in [2.24, 2.45) is 0 Å². The van der Waals surface area contributed by atoms with Crippen molar-refractivity contribution in [3.05, 3.63) is 5.82 Å². The van der Waals surface area contributed by atoms with Crippen molar-refractivity contribution < 1.29 is 0 Å². The summed E-state index contributed by atoms with van der Waals surface area (Å²) in [4.78, 5) is 0. The first kappa shape index (κ1) is 10.1. The van der Waals surface area contributed by atoms with Gasteiger partial charge in [-0.2, -0.15) is 0 Å². The van der Waals surface area contributed by atoms with E-state index in [0.29, 0.717) is 6.04 Å². The fourth-order valence-corrected chi connectivity index (χ4v) is 2.61. The summed E-state index contributed by atoms with van der Waals surface area (Å²) in [5.74, 6) is 2.10. The number of hydrogen-bond donors (Lipinski definition) is 2. The minimum Gasteiger partial charge on any atom is -0.354 e. The lowest BCUT2D eigenvalue weighted by Gasteiger charge is -2.24. The summed E-state index contributed by atoms with van der Waals surface area (Å²) in [5.41, 5.74) is 0. The average molecular weight is 221 g/mol. The summed E-state index contributed by atoms with van der Waals surface area (Å²) < 4.78 is 2.24. The van der Waals surface area contributed by atoms with Gasteiger partial charge in [-0.1, -0.05) is 6.42 Å². The number of aromatic nitrogens is 3. The van der Waals surface area contributed by atoms with Gasteiger partial charge in [0.05, 0.1) is 0 Å². The molecule has 1 unspecified atom stereocenters. The van der Waals surface area contributed by atoms with E-state index in [-0.39, 0.29) is 0 Å². The Bertz CT molecular complexity index is 353. The predicted molar refractivity (Wildman–Crippen MR) is 62.5 cm³/mol. The van der Waals surface area contributed by atoms with Crippen LogP contribution in [0.2, 0.25) is 0 Å². The third kappa shape index (κ3) is 1.91. The Morgan fingerprint density at radius 2 is 2.19 bits per heavy atom. The van der Waals surface area contributed by atoms with Crippen LogP contribution in [0, 0.1) is 0 Å². The second-order valence-electron chi connectivity index (χ2n) is 4.72. The molecule has 3 rings (SSSR count). The molecule has 0 aliphatic carbocycles. The Balaban J connectivity index is 1.71. The lowest BCUT2D eigenvalue weighted by atomic mass is 10.0. The highest BCUT2D eigenvalue weighted by Gasteiger charge is 2.19. The van der Waals surface area contributed by atoms with Gasteiger partial charge in [0.25, 0.3) is 0 Å². The van der Waals surface area contributed by atoms with Crippen molar-refractivity contribution in [2.75, 3.05) is 18.4 Å². The van der Waals surface area contributed by atoms with Gasteiger partial charge < -0.3 is 10.6 Å². The molecular weight excluding hydrogens is 202 g/mol. The van der Waals surface area contributed by atoms with E-state index in [0.717, 1.165) is 37.8 Å². The predicted octanol–water partition coefficient (Wildman–Crippen LogP) is 0.778. The van der Waals surface area contributed by atoms with Crippen molar-refractivity contribution in [3.63, 3.8) is 0 Å². The van der Waals surface area contributed by atoms with Gasteiger partial charge in [0, 0.05) is 25.6 Å². The van der Waals surface area contributed by atoms with Crippen LogP contribution in [0.3, 0.4) is 0 Å². The number of fused-ring (bicyclic) bond motifs is 1. The topological polar surface area (TPSA) is 54.8 Å². The first-order chi connectivity index (χ1) is 7.93. The van der Waals surface area contributed by atoms with Gasteiger partial charge in [0.2, 0.25) is 5.95 Å². The lowest BCUT2D eigenvalue weighted by Crippen LogP contribution is -2.36. The zero-order valence-electron chi connectivity index (χ0n) is 9.58. The zero-order chi connectivity index (χ0) is 10.8. The van der Waals surface area contributed by atoms with Gasteiger partial charge in [-0.3, -0.25) is 4.57 Å². The number of nitrogens with zero attached hydrogens (tertiary/aromatic N) is 3. The van der Waals surface area contributed by atoms with E-state index in [1.807, 2.05) is 0 Å². The van der Waals surface area contributed by atoms with E-state index in [9.17, 15) is 0 Å². The highest BCUT2D eigenvalue weighted by atomic mass is 15.4. The van der Waals surface area contributed by atoms with Gasteiger partial charge in [-0.25, -0.2) is 0 Å². The average Bonchev–Trinajstić information content (AvgIpc) is 2.74. The molecule has 3 heterocycles. The van der Waals surface area contributed by atoms with Crippen LogP contribution in [0.5, 0.6) is 0 Å². The standard InChI is InChI=1S/C11H19N5/c1-2-5-12-9(4-1)8-10-14-15-11-13-6-3-7-16(10)11/h9,12H,1-8H2,(H,13,15). The molecule has 1 aromatic heterocycles. The zero-order valence-corrected chi connectivity index (χ0v) is 9.58. The Morgan fingerprint density at radius 1 is 1.19 bits per heavy atom. The van der Waals surface area contributed by atoms with E-state index in [1.54, 1.807) is 0 Å². The fourth-order valence-electron chi connectivity index (χ4n) is 2.61. The van der Waals surface area contributed by atoms with Crippen molar-refractivity contribution in [2.45, 2.75) is 44.7 Å². The lowest BCUT2D eigenvalue weighted by molar-refractivity contribution is 0.389. The molecule has 0 aromatic carbocycles. The Kier molecular flexibility index (Phi) is 2.78. The Labute approximate surface area is 95.6 Å². The van der Waals surface area contributed by atoms with E-state index < -0.39 is 0 Å². The molecule has 5 heteroatoms. The first-order valence-corrected chi connectivity index (χ1v) is 6.33. The van der Waals surface area contributed by atoms with Crippen molar-refractivity contribution in [1.82, 2.24) is 20.1 Å². The highest BCUT2D eigenvalue weighted by Crippen LogP contribution is 2.17. The molecule has 1 fully saturated rings. The van der Waals surface area contributed by atoms with Crippen molar-refractivity contribution >= 4 is 5.95 Å². The number of piperidine rings is 1. The van der Waals surface area contributed by atoms with E-state index in [4.69, 9.17) is 0 Å². The van der Waals surface area contributed by atoms with Gasteiger partial charge in [0.15, 0.2) is 0 Å². The molecule has 0 amide bonds. The van der Waals surface area contributed by atoms with E-state index in [2.05, 4.69) is 25.4 Å². The summed E-state index contributed by atoms with van der Waals surface area (Å²) >= 11 is 0. The summed E-state index contributed by atoms with van der Waals surface area (Å²) in [7, 11) is 0. The maximum atomic E-state index is 4.30. The molecule has 2 aliphatic rings. The number of hydrogen-bond acceptors (Lipinski definition) is 4. The van der Waals surface area contributed by atoms with Crippen LogP contribution in [0.4, 0.5) is 5.95 Å². The van der Waals surface area contributed by atoms with Crippen LogP contribution in [0.1, 0.15) is 31.5 Å². The van der Waals surface area contributed by atoms with Crippen LogP contribution in [0.25, 0.3) is 0 Å². The smallest absolute Gasteiger partial charge is 0.224 e. The van der Waals surface area contributed by atoms with Gasteiger partial charge in [0.1, 0.15) is 5.82 Å². The molecular formula is C11H19N5. The summed E-state index contributed by atoms with van der Waals surface area (Å²) in [6.45, 7) is 3.25. The summed E-state index contributed by atoms with van der Waals surface area (Å²) in [5, 5.41) is 15.4. The number of anilines is 1. The molecule has 0 saturated carbocycles. The summed E-state index contributed by atoms with van der Waals surface area (Å²) in [6, 6.07) is 0.601. The maximum Gasteiger partial charge on any atom is 0.224 e. The van der Waals surface area contributed by atoms with Crippen LogP contribution < -0.4 is 10.6 Å². The maximum absolute atomic E-state index is 4.30. The third-order valence-electron chi connectivity index (χ3n) is 3.51. The Hall–Kier alpha value is -1.10. The van der Waals surface area contributed by atoms with Gasteiger partial charge in [-0.05, 0) is 25.8 Å². The molecule has 2 N–H and O–H groups in total. The molecule has 1 aromatic rings. The SMILES string of the molecule is C1CCC(Cc2nnc3n2CCCN3)NC1. The second kappa shape index (κ2) is 4.41. The van der Waals surface area contributed by atoms with Gasteiger partial charge >= 0.3 is 0 Å². The Morgan fingerprint density at radius 3 is 3.06 bits per heavy atom. The van der Waals surface area contributed by atoms with Crippen LogP contribution in [-0.4, -0.2) is 33.9 Å². The van der Waals surface area contributed by atoms with Crippen molar-refractivity contribution in [3.8, 4) is 0 Å². The second-order valence-corrected chi connectivity index (χ2v) is 4.72. The van der Waals surface area contributed by atoms with E-state index >= 15 is 0 Å². The quantitative estimate of drug-likeness (QED) is 0.775. The highest BCUT2D eigenvalue weighted by molar-refractivity contribution is 5.27. The third-order valence-corrected chi connectivity index (χ3v) is 3.51. The first-order valence-electron chi connectivity index (χ1n) is 6.33. The molecule has 0 radical (unpaired) electrons. The molecule has 16 heavy (non-hydrogen) atoms. The molecule has 5 nitrogen and oxygen atoms in total. The van der Waals surface area contributed by atoms with E-state index in [1.165, 1.54) is 25.7 Å². The van der Waals surface area contributed by atoms with Crippen molar-refractivity contribution in [1.29, 1.82) is 0 Å². The minimum absolute atomic E-state index is 0.601. The molecule has 0 spiro atoms. The molecule has 1 saturated heterocycles. The van der Waals surface area contributed by atoms with Gasteiger partial charge in [-0.15, -0.1) is 10.2 Å². The number of nitrogens with one attached hydrogen (secondary N) is 2. The molecule has 0 bridgehead atoms. The van der Waals surface area contributed by atoms with Crippen LogP contribution in [0.15, 0.2) is 0 Å².